The number of benzene rings is 1. The molecule has 0 spiro atoms. The SMILES string of the molecule is O=C(Cc1ccc2c(c1)OCO2)Nc1ncn2c(C(F)(F)F)csc12. The molecule has 3 aromatic rings. The summed E-state index contributed by atoms with van der Waals surface area (Å²) in [5.74, 6) is 0.883. The van der Waals surface area contributed by atoms with Gasteiger partial charge in [0.2, 0.25) is 12.7 Å². The lowest BCUT2D eigenvalue weighted by molar-refractivity contribution is -0.141. The Bertz CT molecular complexity index is 964. The van der Waals surface area contributed by atoms with Gasteiger partial charge in [-0.15, -0.1) is 11.3 Å². The lowest BCUT2D eigenvalue weighted by Crippen LogP contribution is -2.14. The Hall–Kier alpha value is -2.75. The van der Waals surface area contributed by atoms with Gasteiger partial charge in [0.25, 0.3) is 0 Å². The largest absolute Gasteiger partial charge is 0.454 e. The van der Waals surface area contributed by atoms with Crippen LogP contribution in [0.25, 0.3) is 4.83 Å². The Kier molecular flexibility index (Phi) is 3.57. The number of carbonyl (C=O) groups excluding carboxylic acids is 1. The molecule has 25 heavy (non-hydrogen) atoms. The number of carbonyl (C=O) groups is 1. The molecule has 2 aromatic heterocycles. The molecular formula is C15H10F3N3O3S. The highest BCUT2D eigenvalue weighted by atomic mass is 32.1. The van der Waals surface area contributed by atoms with E-state index in [1.165, 1.54) is 0 Å². The first-order valence-corrected chi connectivity index (χ1v) is 8.00. The summed E-state index contributed by atoms with van der Waals surface area (Å²) in [6.07, 6.45) is -3.40. The van der Waals surface area contributed by atoms with Crippen LogP contribution in [0.15, 0.2) is 29.9 Å². The molecule has 1 aliphatic heterocycles. The molecule has 1 aliphatic rings. The van der Waals surface area contributed by atoms with Crippen molar-refractivity contribution in [2.45, 2.75) is 12.6 Å². The van der Waals surface area contributed by atoms with Crippen LogP contribution in [0.2, 0.25) is 0 Å². The van der Waals surface area contributed by atoms with Crippen LogP contribution in [0.3, 0.4) is 0 Å². The number of nitrogens with one attached hydrogen (secondary N) is 1. The van der Waals surface area contributed by atoms with Crippen LogP contribution in [0.4, 0.5) is 19.0 Å². The molecule has 1 aromatic carbocycles. The molecule has 1 N–H and O–H groups in total. The molecule has 10 heteroatoms. The van der Waals surface area contributed by atoms with E-state index in [4.69, 9.17) is 9.47 Å². The molecular weight excluding hydrogens is 359 g/mol. The smallest absolute Gasteiger partial charge is 0.432 e. The summed E-state index contributed by atoms with van der Waals surface area (Å²) in [6, 6.07) is 5.12. The molecule has 0 radical (unpaired) electrons. The predicted molar refractivity (Wildman–Crippen MR) is 83.0 cm³/mol. The summed E-state index contributed by atoms with van der Waals surface area (Å²) in [5, 5.41) is 3.54. The fourth-order valence-corrected chi connectivity index (χ4v) is 3.44. The average Bonchev–Trinajstić information content (AvgIpc) is 3.22. The van der Waals surface area contributed by atoms with E-state index >= 15 is 0 Å². The maximum Gasteiger partial charge on any atom is 0.432 e. The van der Waals surface area contributed by atoms with Gasteiger partial charge >= 0.3 is 6.18 Å². The molecule has 4 rings (SSSR count). The van der Waals surface area contributed by atoms with E-state index < -0.39 is 11.9 Å². The van der Waals surface area contributed by atoms with Crippen molar-refractivity contribution >= 4 is 27.9 Å². The molecule has 0 atom stereocenters. The summed E-state index contributed by atoms with van der Waals surface area (Å²) in [5.41, 5.74) is -0.129. The number of rotatable bonds is 3. The number of aromatic nitrogens is 2. The Labute approximate surface area is 142 Å². The minimum absolute atomic E-state index is 0.0349. The van der Waals surface area contributed by atoms with E-state index in [2.05, 4.69) is 10.3 Å². The monoisotopic (exact) mass is 369 g/mol. The molecule has 130 valence electrons. The fourth-order valence-electron chi connectivity index (χ4n) is 2.49. The van der Waals surface area contributed by atoms with Crippen LogP contribution in [-0.2, 0) is 17.4 Å². The van der Waals surface area contributed by atoms with Crippen LogP contribution in [0.1, 0.15) is 11.3 Å². The first-order valence-electron chi connectivity index (χ1n) is 7.12. The zero-order valence-electron chi connectivity index (χ0n) is 12.5. The molecule has 0 unspecified atom stereocenters. The van der Waals surface area contributed by atoms with Crippen molar-refractivity contribution < 1.29 is 27.4 Å². The first-order chi connectivity index (χ1) is 11.9. The molecule has 3 heterocycles. The molecule has 6 nitrogen and oxygen atoms in total. The highest BCUT2D eigenvalue weighted by Crippen LogP contribution is 2.35. The molecule has 0 saturated carbocycles. The van der Waals surface area contributed by atoms with Crippen molar-refractivity contribution in [3.8, 4) is 11.5 Å². The lowest BCUT2D eigenvalue weighted by Gasteiger charge is -2.04. The number of amides is 1. The third-order valence-corrected chi connectivity index (χ3v) is 4.57. The van der Waals surface area contributed by atoms with E-state index in [9.17, 15) is 18.0 Å². The first kappa shape index (κ1) is 15.8. The molecule has 1 amide bonds. The quantitative estimate of drug-likeness (QED) is 0.769. The minimum Gasteiger partial charge on any atom is -0.454 e. The van der Waals surface area contributed by atoms with Gasteiger partial charge in [-0.25, -0.2) is 4.98 Å². The predicted octanol–water partition coefficient (Wildman–Crippen LogP) is 3.32. The van der Waals surface area contributed by atoms with Crippen molar-refractivity contribution in [3.63, 3.8) is 0 Å². The van der Waals surface area contributed by atoms with E-state index in [1.54, 1.807) is 18.2 Å². The number of thiazole rings is 1. The number of alkyl halides is 3. The number of halogens is 3. The number of hydrogen-bond acceptors (Lipinski definition) is 5. The normalized spacial score (nSPS) is 13.4. The summed E-state index contributed by atoms with van der Waals surface area (Å²) in [6.45, 7) is 0.136. The van der Waals surface area contributed by atoms with Crippen molar-refractivity contribution in [1.29, 1.82) is 0 Å². The van der Waals surface area contributed by atoms with E-state index in [0.717, 1.165) is 27.4 Å². The van der Waals surface area contributed by atoms with Gasteiger partial charge in [0.15, 0.2) is 17.3 Å². The summed E-state index contributed by atoms with van der Waals surface area (Å²) < 4.78 is 50.0. The van der Waals surface area contributed by atoms with Crippen LogP contribution >= 0.6 is 11.3 Å². The van der Waals surface area contributed by atoms with Crippen LogP contribution in [-0.4, -0.2) is 22.1 Å². The second-order valence-electron chi connectivity index (χ2n) is 5.30. The average molecular weight is 369 g/mol. The van der Waals surface area contributed by atoms with Crippen molar-refractivity contribution in [3.05, 3.63) is 41.2 Å². The fraction of sp³-hybridized carbons (Fsp3) is 0.200. The molecule has 0 saturated heterocycles. The third-order valence-electron chi connectivity index (χ3n) is 3.62. The van der Waals surface area contributed by atoms with E-state index in [0.29, 0.717) is 17.1 Å². The topological polar surface area (TPSA) is 64.9 Å². The Morgan fingerprint density at radius 2 is 2.12 bits per heavy atom. The minimum atomic E-state index is -4.48. The Balaban J connectivity index is 1.51. The third kappa shape index (κ3) is 2.88. The standard InChI is InChI=1S/C15H10F3N3O3S/c16-15(17,18)11-5-25-14-13(19-6-21(11)14)20-12(22)4-8-1-2-9-10(3-8)24-7-23-9/h1-3,5-6H,4,7H2,(H,20,22). The number of ether oxygens (including phenoxy) is 2. The number of nitrogens with zero attached hydrogens (tertiary/aromatic N) is 2. The lowest BCUT2D eigenvalue weighted by atomic mass is 10.1. The highest BCUT2D eigenvalue weighted by Gasteiger charge is 2.35. The number of hydrogen-bond donors (Lipinski definition) is 1. The van der Waals surface area contributed by atoms with Gasteiger partial charge in [-0.05, 0) is 17.7 Å². The van der Waals surface area contributed by atoms with Gasteiger partial charge in [0.05, 0.1) is 6.42 Å². The van der Waals surface area contributed by atoms with Crippen molar-refractivity contribution in [1.82, 2.24) is 9.38 Å². The van der Waals surface area contributed by atoms with Gasteiger partial charge < -0.3 is 14.8 Å². The van der Waals surface area contributed by atoms with Crippen molar-refractivity contribution in [2.75, 3.05) is 12.1 Å². The maximum absolute atomic E-state index is 12.9. The number of fused-ring (bicyclic) bond motifs is 2. The molecule has 0 aliphatic carbocycles. The summed E-state index contributed by atoms with van der Waals surface area (Å²) in [7, 11) is 0. The van der Waals surface area contributed by atoms with Crippen LogP contribution in [0, 0.1) is 0 Å². The molecule has 0 fully saturated rings. The maximum atomic E-state index is 12.9. The second-order valence-corrected chi connectivity index (χ2v) is 6.16. The Morgan fingerprint density at radius 1 is 1.32 bits per heavy atom. The Morgan fingerprint density at radius 3 is 2.92 bits per heavy atom. The number of anilines is 1. The van der Waals surface area contributed by atoms with Crippen LogP contribution < -0.4 is 14.8 Å². The van der Waals surface area contributed by atoms with Gasteiger partial charge in [-0.2, -0.15) is 13.2 Å². The summed E-state index contributed by atoms with van der Waals surface area (Å²) >= 11 is 0.868. The van der Waals surface area contributed by atoms with Gasteiger partial charge in [-0.1, -0.05) is 6.07 Å². The second kappa shape index (κ2) is 5.66. The highest BCUT2D eigenvalue weighted by molar-refractivity contribution is 7.16. The van der Waals surface area contributed by atoms with Gasteiger partial charge in [-0.3, -0.25) is 9.20 Å². The summed E-state index contributed by atoms with van der Waals surface area (Å²) in [4.78, 5) is 16.3. The van der Waals surface area contributed by atoms with Crippen LogP contribution in [0.5, 0.6) is 11.5 Å². The number of imidazole rings is 1. The van der Waals surface area contributed by atoms with Crippen molar-refractivity contribution in [2.24, 2.45) is 0 Å². The zero-order valence-corrected chi connectivity index (χ0v) is 13.3. The van der Waals surface area contributed by atoms with Gasteiger partial charge in [0, 0.05) is 5.38 Å². The zero-order chi connectivity index (χ0) is 17.6. The van der Waals surface area contributed by atoms with E-state index in [-0.39, 0.29) is 29.8 Å². The van der Waals surface area contributed by atoms with Gasteiger partial charge in [0.1, 0.15) is 16.9 Å². The van der Waals surface area contributed by atoms with E-state index in [1.807, 2.05) is 0 Å². The molecule has 0 bridgehead atoms.